The lowest BCUT2D eigenvalue weighted by atomic mass is 10.1. The highest BCUT2D eigenvalue weighted by molar-refractivity contribution is 5.99. The van der Waals surface area contributed by atoms with Crippen LogP contribution in [0.5, 0.6) is 0 Å². The van der Waals surface area contributed by atoms with E-state index < -0.39 is 0 Å². The zero-order valence-electron chi connectivity index (χ0n) is 13.4. The number of anilines is 1. The van der Waals surface area contributed by atoms with E-state index in [0.717, 1.165) is 23.2 Å². The van der Waals surface area contributed by atoms with Crippen molar-refractivity contribution in [2.75, 3.05) is 11.4 Å². The number of nitrogens with zero attached hydrogens (tertiary/aromatic N) is 1. The molecule has 0 bridgehead atoms. The molecule has 0 aromatic heterocycles. The predicted octanol–water partition coefficient (Wildman–Crippen LogP) is 2.24. The zero-order valence-corrected chi connectivity index (χ0v) is 13.4. The van der Waals surface area contributed by atoms with Crippen molar-refractivity contribution in [2.24, 2.45) is 0 Å². The fourth-order valence-corrected chi connectivity index (χ4v) is 2.90. The third kappa shape index (κ3) is 3.46. The van der Waals surface area contributed by atoms with Crippen molar-refractivity contribution in [3.63, 3.8) is 0 Å². The molecule has 1 aliphatic heterocycles. The Labute approximate surface area is 140 Å². The van der Waals surface area contributed by atoms with Crippen molar-refractivity contribution in [1.82, 2.24) is 5.32 Å². The van der Waals surface area contributed by atoms with Gasteiger partial charge in [0.2, 0.25) is 5.91 Å². The van der Waals surface area contributed by atoms with Crippen LogP contribution in [-0.4, -0.2) is 23.5 Å². The fourth-order valence-electron chi connectivity index (χ4n) is 2.90. The Bertz CT molecular complexity index is 758. The molecule has 0 radical (unpaired) electrons. The van der Waals surface area contributed by atoms with Crippen LogP contribution in [0.15, 0.2) is 48.5 Å². The van der Waals surface area contributed by atoms with Crippen LogP contribution in [0.2, 0.25) is 0 Å². The first-order valence-electron chi connectivity index (χ1n) is 8.05. The largest absolute Gasteiger partial charge is 0.392 e. The second-order valence-electron chi connectivity index (χ2n) is 5.81. The molecule has 1 fully saturated rings. The summed E-state index contributed by atoms with van der Waals surface area (Å²) in [6.07, 6.45) is 1.42. The van der Waals surface area contributed by atoms with Crippen LogP contribution < -0.4 is 10.2 Å². The molecule has 5 nitrogen and oxygen atoms in total. The minimum Gasteiger partial charge on any atom is -0.392 e. The number of nitrogens with one attached hydrogen (secondary N) is 1. The topological polar surface area (TPSA) is 69.6 Å². The van der Waals surface area contributed by atoms with Gasteiger partial charge in [0.1, 0.15) is 0 Å². The minimum absolute atomic E-state index is 0.0569. The number of aliphatic hydroxyl groups excluding tert-OH is 1. The highest BCUT2D eigenvalue weighted by atomic mass is 16.3. The molecule has 0 aliphatic carbocycles. The summed E-state index contributed by atoms with van der Waals surface area (Å²) in [6, 6.07) is 14.6. The van der Waals surface area contributed by atoms with E-state index in [1.54, 1.807) is 23.1 Å². The Kier molecular flexibility index (Phi) is 4.91. The molecule has 1 heterocycles. The van der Waals surface area contributed by atoms with Crippen LogP contribution in [0.3, 0.4) is 0 Å². The average molecular weight is 324 g/mol. The number of carbonyl (C=O) groups excluding carboxylic acids is 2. The standard InChI is InChI=1S/C19H20N2O3/c22-13-16-6-2-1-5-15(16)12-20-19(24)14-7-3-8-17(11-14)21-10-4-9-18(21)23/h1-3,5-8,11,22H,4,9-10,12-13H2,(H,20,24). The first-order valence-corrected chi connectivity index (χ1v) is 8.05. The molecule has 124 valence electrons. The molecule has 0 saturated carbocycles. The Balaban J connectivity index is 1.70. The molecule has 1 aliphatic rings. The second-order valence-corrected chi connectivity index (χ2v) is 5.81. The maximum absolute atomic E-state index is 12.4. The first-order chi connectivity index (χ1) is 11.7. The van der Waals surface area contributed by atoms with Crippen molar-refractivity contribution in [3.05, 3.63) is 65.2 Å². The number of aliphatic hydroxyl groups is 1. The van der Waals surface area contributed by atoms with Gasteiger partial charge in [0.15, 0.2) is 0 Å². The Hall–Kier alpha value is -2.66. The van der Waals surface area contributed by atoms with Crippen molar-refractivity contribution in [3.8, 4) is 0 Å². The number of hydrogen-bond donors (Lipinski definition) is 2. The normalized spacial score (nSPS) is 14.0. The lowest BCUT2D eigenvalue weighted by Gasteiger charge is -2.16. The average Bonchev–Trinajstić information content (AvgIpc) is 3.06. The molecule has 2 aromatic carbocycles. The van der Waals surface area contributed by atoms with Crippen LogP contribution in [0.4, 0.5) is 5.69 Å². The van der Waals surface area contributed by atoms with Crippen LogP contribution >= 0.6 is 0 Å². The van der Waals surface area contributed by atoms with Gasteiger partial charge in [0, 0.05) is 30.8 Å². The SMILES string of the molecule is O=C(NCc1ccccc1CO)c1cccc(N2CCCC2=O)c1. The molecule has 24 heavy (non-hydrogen) atoms. The quantitative estimate of drug-likeness (QED) is 0.886. The van der Waals surface area contributed by atoms with E-state index in [4.69, 9.17) is 0 Å². The zero-order chi connectivity index (χ0) is 16.9. The second kappa shape index (κ2) is 7.27. The van der Waals surface area contributed by atoms with Crippen LogP contribution in [-0.2, 0) is 17.9 Å². The van der Waals surface area contributed by atoms with E-state index in [2.05, 4.69) is 5.32 Å². The molecular formula is C19H20N2O3. The van der Waals surface area contributed by atoms with E-state index >= 15 is 0 Å². The van der Waals surface area contributed by atoms with E-state index in [9.17, 15) is 14.7 Å². The van der Waals surface area contributed by atoms with Gasteiger partial charge < -0.3 is 15.3 Å². The van der Waals surface area contributed by atoms with E-state index in [1.165, 1.54) is 0 Å². The summed E-state index contributed by atoms with van der Waals surface area (Å²) in [6.45, 7) is 0.995. The molecule has 3 rings (SSSR count). The number of hydrogen-bond acceptors (Lipinski definition) is 3. The summed E-state index contributed by atoms with van der Waals surface area (Å²) < 4.78 is 0. The number of rotatable bonds is 5. The number of carbonyl (C=O) groups is 2. The van der Waals surface area contributed by atoms with Crippen LogP contribution in [0.1, 0.15) is 34.3 Å². The van der Waals surface area contributed by atoms with Crippen molar-refractivity contribution in [2.45, 2.75) is 26.0 Å². The molecule has 2 N–H and O–H groups in total. The maximum atomic E-state index is 12.4. The van der Waals surface area contributed by atoms with Gasteiger partial charge in [-0.05, 0) is 35.7 Å². The lowest BCUT2D eigenvalue weighted by Crippen LogP contribution is -2.26. The molecule has 0 spiro atoms. The summed E-state index contributed by atoms with van der Waals surface area (Å²) in [7, 11) is 0. The van der Waals surface area contributed by atoms with Crippen molar-refractivity contribution in [1.29, 1.82) is 0 Å². The smallest absolute Gasteiger partial charge is 0.251 e. The van der Waals surface area contributed by atoms with Gasteiger partial charge >= 0.3 is 0 Å². The Morgan fingerprint density at radius 1 is 1.12 bits per heavy atom. The van der Waals surface area contributed by atoms with Gasteiger partial charge in [0.25, 0.3) is 5.91 Å². The van der Waals surface area contributed by atoms with Crippen molar-refractivity contribution >= 4 is 17.5 Å². The molecule has 0 unspecified atom stereocenters. The number of amides is 2. The van der Waals surface area contributed by atoms with Gasteiger partial charge in [-0.25, -0.2) is 0 Å². The van der Waals surface area contributed by atoms with Crippen molar-refractivity contribution < 1.29 is 14.7 Å². The molecule has 0 atom stereocenters. The predicted molar refractivity (Wildman–Crippen MR) is 91.6 cm³/mol. The summed E-state index contributed by atoms with van der Waals surface area (Å²) >= 11 is 0. The molecule has 2 aromatic rings. The molecular weight excluding hydrogens is 304 g/mol. The summed E-state index contributed by atoms with van der Waals surface area (Å²) in [5.74, 6) is -0.0966. The maximum Gasteiger partial charge on any atom is 0.251 e. The molecule has 1 saturated heterocycles. The number of benzene rings is 2. The highest BCUT2D eigenvalue weighted by Crippen LogP contribution is 2.22. The fraction of sp³-hybridized carbons (Fsp3) is 0.263. The summed E-state index contributed by atoms with van der Waals surface area (Å²) in [4.78, 5) is 25.9. The van der Waals surface area contributed by atoms with E-state index in [1.807, 2.05) is 30.3 Å². The molecule has 5 heteroatoms. The minimum atomic E-state index is -0.198. The van der Waals surface area contributed by atoms with Gasteiger partial charge in [0.05, 0.1) is 6.61 Å². The van der Waals surface area contributed by atoms with E-state index in [0.29, 0.717) is 25.1 Å². The van der Waals surface area contributed by atoms with Crippen LogP contribution in [0.25, 0.3) is 0 Å². The molecule has 2 amide bonds. The third-order valence-corrected chi connectivity index (χ3v) is 4.22. The highest BCUT2D eigenvalue weighted by Gasteiger charge is 2.22. The summed E-state index contributed by atoms with van der Waals surface area (Å²) in [5.41, 5.74) is 2.98. The van der Waals surface area contributed by atoms with E-state index in [-0.39, 0.29) is 18.4 Å². The lowest BCUT2D eigenvalue weighted by molar-refractivity contribution is -0.117. The first kappa shape index (κ1) is 16.2. The van der Waals surface area contributed by atoms with Gasteiger partial charge in [-0.15, -0.1) is 0 Å². The van der Waals surface area contributed by atoms with Gasteiger partial charge in [-0.2, -0.15) is 0 Å². The van der Waals surface area contributed by atoms with Crippen LogP contribution in [0, 0.1) is 0 Å². The monoisotopic (exact) mass is 324 g/mol. The van der Waals surface area contributed by atoms with Gasteiger partial charge in [-0.1, -0.05) is 30.3 Å². The Morgan fingerprint density at radius 3 is 2.62 bits per heavy atom. The summed E-state index contributed by atoms with van der Waals surface area (Å²) in [5, 5.41) is 12.2. The van der Waals surface area contributed by atoms with Gasteiger partial charge in [-0.3, -0.25) is 9.59 Å². The Morgan fingerprint density at radius 2 is 1.92 bits per heavy atom. The third-order valence-electron chi connectivity index (χ3n) is 4.22.